The highest BCUT2D eigenvalue weighted by Gasteiger charge is 2.20. The Labute approximate surface area is 319 Å². The van der Waals surface area contributed by atoms with E-state index in [1.165, 1.54) is 38.2 Å². The lowest BCUT2D eigenvalue weighted by atomic mass is 9.96. The molecule has 4 heteroatoms. The summed E-state index contributed by atoms with van der Waals surface area (Å²) < 4.78 is 2.37. The standard InChI is InChI=1S/C51H34N4/c1-34-12-3-2-10-29-54(51-32-39(33-52)44-16-6-8-19-47(44)53-51)50-31-38(23-27-41(34)50)37-24-28-49-46(30-37)45-17-7-9-20-48(45)55(49)40-25-21-36(22-26-40)43-18-11-14-35-13-4-5-15-42(35)43/h2-28,30-32H,1,29H2/b10-2-,12-3-. The molecule has 0 atom stereocenters. The summed E-state index contributed by atoms with van der Waals surface area (Å²) in [4.78, 5) is 7.25. The molecule has 0 fully saturated rings. The Morgan fingerprint density at radius 2 is 1.29 bits per heavy atom. The molecule has 55 heavy (non-hydrogen) atoms. The lowest BCUT2D eigenvalue weighted by Gasteiger charge is -2.26. The van der Waals surface area contributed by atoms with Gasteiger partial charge in [-0.3, -0.25) is 0 Å². The largest absolute Gasteiger partial charge is 0.322 e. The van der Waals surface area contributed by atoms with E-state index >= 15 is 0 Å². The summed E-state index contributed by atoms with van der Waals surface area (Å²) in [6.07, 6.45) is 8.23. The highest BCUT2D eigenvalue weighted by molar-refractivity contribution is 6.10. The molecule has 0 bridgehead atoms. The van der Waals surface area contributed by atoms with Crippen molar-refractivity contribution in [3.05, 3.63) is 200 Å². The molecule has 0 spiro atoms. The van der Waals surface area contributed by atoms with Crippen molar-refractivity contribution in [2.45, 2.75) is 0 Å². The van der Waals surface area contributed by atoms with Crippen molar-refractivity contribution in [2.24, 2.45) is 0 Å². The molecule has 7 aromatic carbocycles. The van der Waals surface area contributed by atoms with Gasteiger partial charge in [-0.15, -0.1) is 0 Å². The van der Waals surface area contributed by atoms with Gasteiger partial charge in [0.05, 0.1) is 33.9 Å². The number of fused-ring (bicyclic) bond motifs is 6. The van der Waals surface area contributed by atoms with E-state index < -0.39 is 0 Å². The Kier molecular flexibility index (Phi) is 7.71. The van der Waals surface area contributed by atoms with Crippen LogP contribution in [0.15, 0.2) is 189 Å². The predicted octanol–water partition coefficient (Wildman–Crippen LogP) is 13.0. The zero-order valence-electron chi connectivity index (χ0n) is 30.0. The zero-order chi connectivity index (χ0) is 36.9. The maximum absolute atomic E-state index is 10.1. The maximum Gasteiger partial charge on any atom is 0.135 e. The number of allylic oxidation sites excluding steroid dienone is 4. The second-order valence-corrected chi connectivity index (χ2v) is 14.0. The van der Waals surface area contributed by atoms with Gasteiger partial charge in [-0.2, -0.15) is 5.26 Å². The second kappa shape index (κ2) is 13.2. The summed E-state index contributed by atoms with van der Waals surface area (Å²) in [5.41, 5.74) is 12.4. The van der Waals surface area contributed by atoms with Gasteiger partial charge in [0.25, 0.3) is 0 Å². The molecule has 258 valence electrons. The number of hydrogen-bond donors (Lipinski definition) is 0. The molecule has 0 saturated carbocycles. The van der Waals surface area contributed by atoms with E-state index in [9.17, 15) is 5.26 Å². The first-order chi connectivity index (χ1) is 27.1. The summed E-state index contributed by atoms with van der Waals surface area (Å²) >= 11 is 0. The van der Waals surface area contributed by atoms with Crippen molar-refractivity contribution in [1.29, 1.82) is 5.26 Å². The smallest absolute Gasteiger partial charge is 0.135 e. The summed E-state index contributed by atoms with van der Waals surface area (Å²) in [6, 6.07) is 58.2. The number of para-hydroxylation sites is 2. The van der Waals surface area contributed by atoms with Crippen molar-refractivity contribution in [3.8, 4) is 34.0 Å². The number of nitrogens with zero attached hydrogens (tertiary/aromatic N) is 4. The average molecular weight is 703 g/mol. The highest BCUT2D eigenvalue weighted by Crippen LogP contribution is 2.40. The SMILES string of the molecule is C=C1/C=C\C=C/CN(c2cc(C#N)c3ccccc3n2)c2cc(-c3ccc4c(c3)c3ccccc3n4-c3ccc(-c4cccc5ccccc45)cc3)ccc21. The van der Waals surface area contributed by atoms with Crippen LogP contribution < -0.4 is 4.90 Å². The van der Waals surface area contributed by atoms with Crippen LogP contribution in [-0.4, -0.2) is 16.1 Å². The topological polar surface area (TPSA) is 44.9 Å². The molecule has 0 saturated heterocycles. The molecule has 0 N–H and O–H groups in total. The molecule has 1 aliphatic heterocycles. The summed E-state index contributed by atoms with van der Waals surface area (Å²) in [5.74, 6) is 0.720. The molecule has 9 aromatic rings. The van der Waals surface area contributed by atoms with Crippen LogP contribution in [0.4, 0.5) is 11.5 Å². The monoisotopic (exact) mass is 702 g/mol. The Morgan fingerprint density at radius 3 is 2.16 bits per heavy atom. The van der Waals surface area contributed by atoms with E-state index in [0.717, 1.165) is 55.9 Å². The predicted molar refractivity (Wildman–Crippen MR) is 230 cm³/mol. The number of hydrogen-bond acceptors (Lipinski definition) is 3. The van der Waals surface area contributed by atoms with Gasteiger partial charge in [-0.25, -0.2) is 4.98 Å². The highest BCUT2D eigenvalue weighted by atomic mass is 15.2. The molecule has 0 amide bonds. The minimum Gasteiger partial charge on any atom is -0.322 e. The Morgan fingerprint density at radius 1 is 0.582 bits per heavy atom. The minimum absolute atomic E-state index is 0.579. The first kappa shape index (κ1) is 32.2. The first-order valence-electron chi connectivity index (χ1n) is 18.5. The number of nitriles is 1. The third-order valence-corrected chi connectivity index (χ3v) is 10.8. The lowest BCUT2D eigenvalue weighted by Crippen LogP contribution is -2.20. The van der Waals surface area contributed by atoms with Crippen molar-refractivity contribution < 1.29 is 0 Å². The molecule has 0 aliphatic carbocycles. The van der Waals surface area contributed by atoms with Crippen molar-refractivity contribution in [3.63, 3.8) is 0 Å². The maximum atomic E-state index is 10.1. The van der Waals surface area contributed by atoms with Crippen LogP contribution >= 0.6 is 0 Å². The van der Waals surface area contributed by atoms with Gasteiger partial charge in [0.15, 0.2) is 0 Å². The fraction of sp³-hybridized carbons (Fsp3) is 0.0196. The molecule has 3 heterocycles. The van der Waals surface area contributed by atoms with Gasteiger partial charge >= 0.3 is 0 Å². The third kappa shape index (κ3) is 5.50. The number of benzene rings is 7. The Balaban J connectivity index is 1.09. The quantitative estimate of drug-likeness (QED) is 0.183. The van der Waals surface area contributed by atoms with E-state index in [1.54, 1.807) is 0 Å². The van der Waals surface area contributed by atoms with Gasteiger partial charge in [0.1, 0.15) is 5.82 Å². The van der Waals surface area contributed by atoms with E-state index in [4.69, 9.17) is 4.98 Å². The second-order valence-electron chi connectivity index (χ2n) is 14.0. The van der Waals surface area contributed by atoms with E-state index in [1.807, 2.05) is 48.6 Å². The first-order valence-corrected chi connectivity index (χ1v) is 18.5. The summed E-state index contributed by atoms with van der Waals surface area (Å²) in [6.45, 7) is 5.01. The van der Waals surface area contributed by atoms with E-state index in [-0.39, 0.29) is 0 Å². The van der Waals surface area contributed by atoms with E-state index in [0.29, 0.717) is 12.1 Å². The number of aromatic nitrogens is 2. The minimum atomic E-state index is 0.579. The van der Waals surface area contributed by atoms with Gasteiger partial charge < -0.3 is 9.47 Å². The molecule has 1 aliphatic rings. The zero-order valence-corrected chi connectivity index (χ0v) is 30.0. The van der Waals surface area contributed by atoms with Crippen LogP contribution in [0.3, 0.4) is 0 Å². The molecular weight excluding hydrogens is 669 g/mol. The Hall–Kier alpha value is -7.48. The van der Waals surface area contributed by atoms with Crippen LogP contribution in [-0.2, 0) is 0 Å². The van der Waals surface area contributed by atoms with Crippen molar-refractivity contribution in [1.82, 2.24) is 9.55 Å². The van der Waals surface area contributed by atoms with Gasteiger partial charge in [-0.05, 0) is 87.1 Å². The Bertz CT molecular complexity index is 3090. The molecule has 0 radical (unpaired) electrons. The number of rotatable bonds is 4. The van der Waals surface area contributed by atoms with Crippen LogP contribution in [0.2, 0.25) is 0 Å². The number of anilines is 2. The average Bonchev–Trinajstić information content (AvgIpc) is 3.60. The van der Waals surface area contributed by atoms with Crippen molar-refractivity contribution in [2.75, 3.05) is 11.4 Å². The molecule has 10 rings (SSSR count). The van der Waals surface area contributed by atoms with Crippen LogP contribution in [0.1, 0.15) is 11.1 Å². The normalized spacial score (nSPS) is 14.0. The van der Waals surface area contributed by atoms with Crippen molar-refractivity contribution >= 4 is 60.6 Å². The summed E-state index contributed by atoms with van der Waals surface area (Å²) in [5, 5.41) is 15.9. The molecule has 4 nitrogen and oxygen atoms in total. The van der Waals surface area contributed by atoms with Gasteiger partial charge in [0, 0.05) is 34.0 Å². The van der Waals surface area contributed by atoms with Crippen LogP contribution in [0, 0.1) is 11.3 Å². The van der Waals surface area contributed by atoms with Crippen LogP contribution in [0.25, 0.3) is 77.0 Å². The lowest BCUT2D eigenvalue weighted by molar-refractivity contribution is 1.05. The van der Waals surface area contributed by atoms with Crippen LogP contribution in [0.5, 0.6) is 0 Å². The van der Waals surface area contributed by atoms with Gasteiger partial charge in [-0.1, -0.05) is 140 Å². The number of pyridine rings is 1. The fourth-order valence-corrected chi connectivity index (χ4v) is 8.12. The fourth-order valence-electron chi connectivity index (χ4n) is 8.12. The molecule has 2 aromatic heterocycles. The third-order valence-electron chi connectivity index (χ3n) is 10.8. The molecular formula is C51H34N4. The van der Waals surface area contributed by atoms with E-state index in [2.05, 4.69) is 156 Å². The van der Waals surface area contributed by atoms with Gasteiger partial charge in [0.2, 0.25) is 0 Å². The molecule has 0 unspecified atom stereocenters. The summed E-state index contributed by atoms with van der Waals surface area (Å²) in [7, 11) is 0.